The first-order valence-corrected chi connectivity index (χ1v) is 5.77. The highest BCUT2D eigenvalue weighted by atomic mass is 79.9. The highest BCUT2D eigenvalue weighted by molar-refractivity contribution is 9.10. The third-order valence-electron chi connectivity index (χ3n) is 2.43. The Kier molecular flexibility index (Phi) is 2.40. The molecule has 0 spiro atoms. The van der Waals surface area contributed by atoms with Crippen molar-refractivity contribution < 1.29 is 4.39 Å². The van der Waals surface area contributed by atoms with Crippen LogP contribution in [-0.2, 0) is 0 Å². The van der Waals surface area contributed by atoms with E-state index in [-0.39, 0.29) is 5.82 Å². The summed E-state index contributed by atoms with van der Waals surface area (Å²) >= 11 is 3.40. The van der Waals surface area contributed by atoms with Crippen LogP contribution < -0.4 is 0 Å². The van der Waals surface area contributed by atoms with Gasteiger partial charge in [-0.15, -0.1) is 0 Å². The normalized spacial score (nSPS) is 10.9. The Labute approximate surface area is 105 Å². The van der Waals surface area contributed by atoms with E-state index in [9.17, 15) is 4.39 Å². The first-order valence-electron chi connectivity index (χ1n) is 4.97. The molecule has 17 heavy (non-hydrogen) atoms. The Morgan fingerprint density at radius 1 is 1.06 bits per heavy atom. The van der Waals surface area contributed by atoms with E-state index in [1.165, 1.54) is 12.3 Å². The molecule has 0 atom stereocenters. The molecular weight excluding hydrogens is 285 g/mol. The molecule has 3 aromatic rings. The molecule has 0 N–H and O–H groups in total. The molecule has 0 saturated heterocycles. The number of nitrogens with zero attached hydrogens (tertiary/aromatic N) is 3. The Hall–Kier alpha value is -1.75. The summed E-state index contributed by atoms with van der Waals surface area (Å²) in [7, 11) is 0. The molecule has 3 aromatic heterocycles. The highest BCUT2D eigenvalue weighted by Crippen LogP contribution is 2.19. The number of halogens is 2. The Balaban J connectivity index is 2.13. The van der Waals surface area contributed by atoms with E-state index in [0.29, 0.717) is 11.4 Å². The van der Waals surface area contributed by atoms with Crippen molar-refractivity contribution >= 4 is 21.4 Å². The molecule has 5 heteroatoms. The molecule has 3 heterocycles. The summed E-state index contributed by atoms with van der Waals surface area (Å²) in [6.45, 7) is 0. The number of pyridine rings is 1. The van der Waals surface area contributed by atoms with Crippen LogP contribution in [0.1, 0.15) is 0 Å². The molecule has 0 unspecified atom stereocenters. The third kappa shape index (κ3) is 1.93. The Bertz CT molecular complexity index is 676. The predicted molar refractivity (Wildman–Crippen MR) is 66.1 cm³/mol. The summed E-state index contributed by atoms with van der Waals surface area (Å²) in [4.78, 5) is 8.29. The minimum absolute atomic E-state index is 0.349. The van der Waals surface area contributed by atoms with Gasteiger partial charge in [0.1, 0.15) is 11.5 Å². The van der Waals surface area contributed by atoms with Crippen molar-refractivity contribution in [2.75, 3.05) is 0 Å². The van der Waals surface area contributed by atoms with Crippen LogP contribution in [0.15, 0.2) is 47.5 Å². The second-order valence-corrected chi connectivity index (χ2v) is 4.54. The fraction of sp³-hybridized carbons (Fsp3) is 0. The summed E-state index contributed by atoms with van der Waals surface area (Å²) < 4.78 is 15.7. The summed E-state index contributed by atoms with van der Waals surface area (Å²) in [5.74, 6) is -0.349. The number of aromatic nitrogens is 3. The van der Waals surface area contributed by atoms with E-state index in [2.05, 4.69) is 25.9 Å². The van der Waals surface area contributed by atoms with Crippen molar-refractivity contribution in [3.63, 3.8) is 0 Å². The topological polar surface area (TPSA) is 30.2 Å². The highest BCUT2D eigenvalue weighted by Gasteiger charge is 2.04. The van der Waals surface area contributed by atoms with Gasteiger partial charge in [0.15, 0.2) is 0 Å². The molecule has 0 saturated carbocycles. The van der Waals surface area contributed by atoms with E-state index >= 15 is 0 Å². The lowest BCUT2D eigenvalue weighted by molar-refractivity contribution is 0.622. The van der Waals surface area contributed by atoms with Gasteiger partial charge in [0.2, 0.25) is 0 Å². The van der Waals surface area contributed by atoms with Gasteiger partial charge in [-0.1, -0.05) is 0 Å². The smallest absolute Gasteiger partial charge is 0.141 e. The lowest BCUT2D eigenvalue weighted by Crippen LogP contribution is -1.91. The first-order chi connectivity index (χ1) is 8.22. The van der Waals surface area contributed by atoms with Crippen molar-refractivity contribution in [1.29, 1.82) is 0 Å². The van der Waals surface area contributed by atoms with Gasteiger partial charge >= 0.3 is 0 Å². The van der Waals surface area contributed by atoms with Crippen LogP contribution in [-0.4, -0.2) is 14.4 Å². The second-order valence-electron chi connectivity index (χ2n) is 3.62. The van der Waals surface area contributed by atoms with Crippen LogP contribution in [0, 0.1) is 5.82 Å². The van der Waals surface area contributed by atoms with E-state index in [0.717, 1.165) is 9.99 Å². The van der Waals surface area contributed by atoms with Crippen LogP contribution in [0.4, 0.5) is 4.39 Å². The molecule has 0 bridgehead atoms. The number of fused-ring (bicyclic) bond motifs is 1. The molecular formula is C12H7BrFN3. The van der Waals surface area contributed by atoms with Crippen LogP contribution >= 0.6 is 15.9 Å². The zero-order chi connectivity index (χ0) is 11.8. The molecule has 3 rings (SSSR count). The maximum absolute atomic E-state index is 12.8. The summed E-state index contributed by atoms with van der Waals surface area (Å²) in [6, 6.07) is 4.96. The van der Waals surface area contributed by atoms with Crippen LogP contribution in [0.2, 0.25) is 0 Å². The van der Waals surface area contributed by atoms with Gasteiger partial charge in [-0.05, 0) is 34.1 Å². The van der Waals surface area contributed by atoms with Gasteiger partial charge in [0.05, 0.1) is 23.6 Å². The van der Waals surface area contributed by atoms with Crippen molar-refractivity contribution in [2.24, 2.45) is 0 Å². The quantitative estimate of drug-likeness (QED) is 0.689. The van der Waals surface area contributed by atoms with E-state index in [1.54, 1.807) is 12.3 Å². The SMILES string of the molecule is Fc1ccc(-c2cn3cc(Br)cc3cn2)nc1. The maximum atomic E-state index is 12.8. The molecule has 3 nitrogen and oxygen atoms in total. The molecule has 0 aliphatic carbocycles. The van der Waals surface area contributed by atoms with Crippen molar-refractivity contribution in [1.82, 2.24) is 14.4 Å². The first kappa shape index (κ1) is 10.4. The van der Waals surface area contributed by atoms with Crippen LogP contribution in [0.5, 0.6) is 0 Å². The van der Waals surface area contributed by atoms with E-state index in [1.807, 2.05) is 22.9 Å². The van der Waals surface area contributed by atoms with Gasteiger partial charge < -0.3 is 4.40 Å². The molecule has 0 fully saturated rings. The number of hydrogen-bond donors (Lipinski definition) is 0. The van der Waals surface area contributed by atoms with Gasteiger partial charge in [-0.2, -0.15) is 0 Å². The number of rotatable bonds is 1. The van der Waals surface area contributed by atoms with Gasteiger partial charge in [-0.3, -0.25) is 9.97 Å². The molecule has 0 aliphatic heterocycles. The average molecular weight is 292 g/mol. The summed E-state index contributed by atoms with van der Waals surface area (Å²) in [6.07, 6.45) is 6.74. The van der Waals surface area contributed by atoms with Crippen molar-refractivity contribution in [2.45, 2.75) is 0 Å². The maximum Gasteiger partial charge on any atom is 0.141 e. The summed E-state index contributed by atoms with van der Waals surface area (Å²) in [5.41, 5.74) is 2.35. The fourth-order valence-corrected chi connectivity index (χ4v) is 2.09. The Morgan fingerprint density at radius 3 is 2.65 bits per heavy atom. The average Bonchev–Trinajstić information content (AvgIpc) is 2.69. The van der Waals surface area contributed by atoms with Gasteiger partial charge in [0, 0.05) is 16.9 Å². The van der Waals surface area contributed by atoms with E-state index < -0.39 is 0 Å². The van der Waals surface area contributed by atoms with Crippen LogP contribution in [0.3, 0.4) is 0 Å². The van der Waals surface area contributed by atoms with E-state index in [4.69, 9.17) is 0 Å². The second kappa shape index (κ2) is 3.92. The van der Waals surface area contributed by atoms with Crippen molar-refractivity contribution in [3.05, 3.63) is 53.3 Å². The number of hydrogen-bond acceptors (Lipinski definition) is 2. The molecule has 84 valence electrons. The van der Waals surface area contributed by atoms with Crippen LogP contribution in [0.25, 0.3) is 16.9 Å². The molecule has 0 radical (unpaired) electrons. The zero-order valence-corrected chi connectivity index (χ0v) is 10.2. The predicted octanol–water partition coefficient (Wildman–Crippen LogP) is 3.30. The molecule has 0 aliphatic rings. The third-order valence-corrected chi connectivity index (χ3v) is 2.87. The standard InChI is InChI=1S/C12H7BrFN3/c13-8-3-10-5-16-12(7-17(10)6-8)11-2-1-9(14)4-15-11/h1-7H. The minimum atomic E-state index is -0.349. The molecule has 0 aromatic carbocycles. The molecule has 0 amide bonds. The Morgan fingerprint density at radius 2 is 1.88 bits per heavy atom. The zero-order valence-electron chi connectivity index (χ0n) is 8.64. The fourth-order valence-electron chi connectivity index (χ4n) is 1.64. The minimum Gasteiger partial charge on any atom is -0.319 e. The monoisotopic (exact) mass is 291 g/mol. The lowest BCUT2D eigenvalue weighted by atomic mass is 10.3. The van der Waals surface area contributed by atoms with Gasteiger partial charge in [-0.25, -0.2) is 4.39 Å². The van der Waals surface area contributed by atoms with Gasteiger partial charge in [0.25, 0.3) is 0 Å². The largest absolute Gasteiger partial charge is 0.319 e. The van der Waals surface area contributed by atoms with Crippen molar-refractivity contribution in [3.8, 4) is 11.4 Å². The lowest BCUT2D eigenvalue weighted by Gasteiger charge is -2.01. The summed E-state index contributed by atoms with van der Waals surface area (Å²) in [5, 5.41) is 0.